The summed E-state index contributed by atoms with van der Waals surface area (Å²) in [6.07, 6.45) is 1.53. The predicted octanol–water partition coefficient (Wildman–Crippen LogP) is 3.67. The quantitative estimate of drug-likeness (QED) is 0.789. The highest BCUT2D eigenvalue weighted by Crippen LogP contribution is 2.30. The van der Waals surface area contributed by atoms with Crippen molar-refractivity contribution in [3.8, 4) is 5.97 Å². The van der Waals surface area contributed by atoms with Gasteiger partial charge in [-0.25, -0.2) is 14.6 Å². The van der Waals surface area contributed by atoms with E-state index < -0.39 is 5.82 Å². The topological polar surface area (TPSA) is 69.0 Å². The van der Waals surface area contributed by atoms with Crippen LogP contribution in [0.25, 0.3) is 0 Å². The van der Waals surface area contributed by atoms with Gasteiger partial charge in [-0.15, -0.1) is 11.3 Å². The third kappa shape index (κ3) is 3.76. The monoisotopic (exact) mass is 406 g/mol. The SMILES string of the molecule is N#CB1CCN(c2ccc(F)cc2NC(=O)c2csc(Br)n2)CC1. The van der Waals surface area contributed by atoms with Crippen LogP contribution in [0.3, 0.4) is 0 Å². The predicted molar refractivity (Wildman–Crippen MR) is 97.4 cm³/mol. The molecule has 0 bridgehead atoms. The summed E-state index contributed by atoms with van der Waals surface area (Å²) in [5.74, 6) is 1.49. The van der Waals surface area contributed by atoms with Crippen LogP contribution in [0.5, 0.6) is 0 Å². The Hall–Kier alpha value is -1.92. The van der Waals surface area contributed by atoms with Crippen LogP contribution in [0.1, 0.15) is 10.5 Å². The average Bonchev–Trinajstić information content (AvgIpc) is 3.02. The first-order valence-corrected chi connectivity index (χ1v) is 9.10. The van der Waals surface area contributed by atoms with Crippen LogP contribution in [0.2, 0.25) is 12.6 Å². The summed E-state index contributed by atoms with van der Waals surface area (Å²) < 4.78 is 14.3. The summed E-state index contributed by atoms with van der Waals surface area (Å²) in [7, 11) is 0. The zero-order chi connectivity index (χ0) is 17.1. The Morgan fingerprint density at radius 1 is 1.46 bits per heavy atom. The summed E-state index contributed by atoms with van der Waals surface area (Å²) >= 11 is 4.53. The smallest absolute Gasteiger partial charge is 0.275 e. The van der Waals surface area contributed by atoms with E-state index >= 15 is 0 Å². The molecular formula is C15H13BBrFN4OS. The van der Waals surface area contributed by atoms with Crippen LogP contribution in [0, 0.1) is 17.0 Å². The Bertz CT molecular complexity index is 801. The van der Waals surface area contributed by atoms with Gasteiger partial charge in [0, 0.05) is 24.4 Å². The molecule has 0 aliphatic carbocycles. The maximum atomic E-state index is 13.7. The number of thiazole rings is 1. The van der Waals surface area contributed by atoms with Crippen LogP contribution >= 0.6 is 27.3 Å². The van der Waals surface area contributed by atoms with E-state index in [0.717, 1.165) is 18.3 Å². The number of benzene rings is 1. The van der Waals surface area contributed by atoms with Crippen molar-refractivity contribution < 1.29 is 9.18 Å². The van der Waals surface area contributed by atoms with Crippen LogP contribution < -0.4 is 10.2 Å². The van der Waals surface area contributed by atoms with Crippen LogP contribution in [0.4, 0.5) is 15.8 Å². The van der Waals surface area contributed by atoms with Gasteiger partial charge in [0.05, 0.1) is 11.4 Å². The van der Waals surface area contributed by atoms with Crippen LogP contribution in [-0.2, 0) is 0 Å². The van der Waals surface area contributed by atoms with E-state index in [1.54, 1.807) is 11.4 Å². The van der Waals surface area contributed by atoms with Gasteiger partial charge in [0.25, 0.3) is 12.6 Å². The highest BCUT2D eigenvalue weighted by Gasteiger charge is 2.24. The molecule has 0 spiro atoms. The number of carbonyl (C=O) groups excluding carboxylic acids is 1. The van der Waals surface area contributed by atoms with E-state index in [-0.39, 0.29) is 18.3 Å². The van der Waals surface area contributed by atoms with Gasteiger partial charge in [0.2, 0.25) is 0 Å². The van der Waals surface area contributed by atoms with E-state index in [0.29, 0.717) is 22.7 Å². The van der Waals surface area contributed by atoms with Crippen molar-refractivity contribution >= 4 is 51.3 Å². The van der Waals surface area contributed by atoms with E-state index in [1.807, 2.05) is 0 Å². The second kappa shape index (κ2) is 7.32. The van der Waals surface area contributed by atoms with Gasteiger partial charge < -0.3 is 10.2 Å². The summed E-state index contributed by atoms with van der Waals surface area (Å²) in [5.41, 5.74) is 1.46. The molecule has 1 fully saturated rings. The van der Waals surface area contributed by atoms with Crippen LogP contribution in [-0.4, -0.2) is 30.7 Å². The number of amides is 1. The number of anilines is 2. The van der Waals surface area contributed by atoms with Gasteiger partial charge in [-0.2, -0.15) is 0 Å². The second-order valence-corrected chi connectivity index (χ2v) is 7.63. The molecule has 1 saturated heterocycles. The minimum atomic E-state index is -0.416. The molecule has 0 atom stereocenters. The van der Waals surface area contributed by atoms with Gasteiger partial charge in [-0.3, -0.25) is 4.79 Å². The Kier molecular flexibility index (Phi) is 5.16. The lowest BCUT2D eigenvalue weighted by Gasteiger charge is -2.31. The van der Waals surface area contributed by atoms with E-state index in [1.165, 1.54) is 23.5 Å². The lowest BCUT2D eigenvalue weighted by Crippen LogP contribution is -2.37. The molecule has 1 aromatic heterocycles. The van der Waals surface area contributed by atoms with E-state index in [2.05, 4.69) is 37.1 Å². The third-order valence-corrected chi connectivity index (χ3v) is 5.30. The average molecular weight is 407 g/mol. The van der Waals surface area contributed by atoms with Crippen molar-refractivity contribution in [2.45, 2.75) is 12.6 Å². The first-order chi connectivity index (χ1) is 11.6. The maximum Gasteiger partial charge on any atom is 0.275 e. The Morgan fingerprint density at radius 3 is 2.83 bits per heavy atom. The molecule has 0 saturated carbocycles. The van der Waals surface area contributed by atoms with E-state index in [4.69, 9.17) is 5.26 Å². The minimum Gasteiger partial charge on any atom is -0.371 e. The van der Waals surface area contributed by atoms with Gasteiger partial charge in [-0.1, -0.05) is 0 Å². The molecule has 3 rings (SSSR count). The lowest BCUT2D eigenvalue weighted by molar-refractivity contribution is 0.102. The number of aromatic nitrogens is 1. The molecule has 2 heterocycles. The molecule has 1 amide bonds. The summed E-state index contributed by atoms with van der Waals surface area (Å²) in [6, 6.07) is 4.35. The number of nitrogens with zero attached hydrogens (tertiary/aromatic N) is 3. The number of nitriles is 1. The molecule has 1 aliphatic rings. The minimum absolute atomic E-state index is 0.0621. The first-order valence-electron chi connectivity index (χ1n) is 7.43. The molecule has 9 heteroatoms. The molecule has 0 radical (unpaired) electrons. The Morgan fingerprint density at radius 2 is 2.21 bits per heavy atom. The van der Waals surface area contributed by atoms with Gasteiger partial charge in [0.15, 0.2) is 3.92 Å². The number of rotatable bonds is 3. The number of halogens is 2. The van der Waals surface area contributed by atoms with Gasteiger partial charge in [0.1, 0.15) is 11.5 Å². The highest BCUT2D eigenvalue weighted by atomic mass is 79.9. The molecule has 0 unspecified atom stereocenters. The van der Waals surface area contributed by atoms with Crippen LogP contribution in [0.15, 0.2) is 27.5 Å². The zero-order valence-electron chi connectivity index (χ0n) is 12.6. The van der Waals surface area contributed by atoms with Crippen molar-refractivity contribution in [1.82, 2.24) is 4.98 Å². The van der Waals surface area contributed by atoms with Crippen molar-refractivity contribution in [2.75, 3.05) is 23.3 Å². The number of hydrogen-bond acceptors (Lipinski definition) is 5. The standard InChI is InChI=1S/C15H13BBrFN4OS/c17-15-21-12(8-24-15)14(23)20-11-7-10(18)1-2-13(11)22-5-3-16(9-19)4-6-22/h1-2,7-8H,3-6H2,(H,20,23). The highest BCUT2D eigenvalue weighted by molar-refractivity contribution is 9.11. The maximum absolute atomic E-state index is 13.7. The van der Waals surface area contributed by atoms with Gasteiger partial charge >= 0.3 is 0 Å². The fourth-order valence-electron chi connectivity index (χ4n) is 2.68. The van der Waals surface area contributed by atoms with Crippen molar-refractivity contribution in [3.63, 3.8) is 0 Å². The summed E-state index contributed by atoms with van der Waals surface area (Å²) in [5, 5.41) is 13.4. The lowest BCUT2D eigenvalue weighted by atomic mass is 9.45. The third-order valence-electron chi connectivity index (χ3n) is 3.93. The Labute approximate surface area is 151 Å². The molecule has 1 N–H and O–H groups in total. The van der Waals surface area contributed by atoms with Crippen molar-refractivity contribution in [1.29, 1.82) is 5.26 Å². The largest absolute Gasteiger partial charge is 0.371 e. The molecule has 1 aliphatic heterocycles. The zero-order valence-corrected chi connectivity index (χ0v) is 15.0. The van der Waals surface area contributed by atoms with Gasteiger partial charge in [-0.05, 0) is 46.8 Å². The molecular weight excluding hydrogens is 394 g/mol. The Balaban J connectivity index is 1.81. The fourth-order valence-corrected chi connectivity index (χ4v) is 3.67. The molecule has 5 nitrogen and oxygen atoms in total. The second-order valence-electron chi connectivity index (χ2n) is 5.49. The number of carbonyl (C=O) groups is 1. The first kappa shape index (κ1) is 16.9. The van der Waals surface area contributed by atoms with Crippen molar-refractivity contribution in [3.05, 3.63) is 39.0 Å². The normalized spacial score (nSPS) is 14.4. The molecule has 1 aromatic carbocycles. The van der Waals surface area contributed by atoms with E-state index in [9.17, 15) is 9.18 Å². The summed E-state index contributed by atoms with van der Waals surface area (Å²) in [4.78, 5) is 18.4. The van der Waals surface area contributed by atoms with Crippen molar-refractivity contribution in [2.24, 2.45) is 0 Å². The molecule has 122 valence electrons. The fraction of sp³-hybridized carbons (Fsp3) is 0.267. The summed E-state index contributed by atoms with van der Waals surface area (Å²) in [6.45, 7) is 1.47. The number of nitrogens with one attached hydrogen (secondary N) is 1. The molecule has 2 aromatic rings. The molecule has 24 heavy (non-hydrogen) atoms. The number of hydrogen-bond donors (Lipinski definition) is 1.